The number of hydrogen-bond donors (Lipinski definition) is 0. The highest BCUT2D eigenvalue weighted by molar-refractivity contribution is 5.55. The van der Waals surface area contributed by atoms with E-state index in [1.807, 2.05) is 6.92 Å². The molecule has 1 saturated heterocycles. The van der Waals surface area contributed by atoms with Crippen LogP contribution in [0.4, 0.5) is 0 Å². The van der Waals surface area contributed by atoms with Gasteiger partial charge < -0.3 is 9.32 Å². The number of piperidine rings is 1. The molecule has 0 unspecified atom stereocenters. The molecule has 134 valence electrons. The lowest BCUT2D eigenvalue weighted by Crippen LogP contribution is -2.41. The van der Waals surface area contributed by atoms with Gasteiger partial charge in [0.15, 0.2) is 0 Å². The molecule has 0 atom stereocenters. The molecule has 1 fully saturated rings. The number of aromatic nitrogens is 2. The van der Waals surface area contributed by atoms with Crippen LogP contribution in [0, 0.1) is 13.8 Å². The first kappa shape index (κ1) is 17.0. The van der Waals surface area contributed by atoms with Gasteiger partial charge in [-0.3, -0.25) is 0 Å². The summed E-state index contributed by atoms with van der Waals surface area (Å²) in [6.45, 7) is 6.21. The average molecular weight is 347 g/mol. The van der Waals surface area contributed by atoms with Gasteiger partial charge in [-0.25, -0.2) is 0 Å². The third-order valence-electron chi connectivity index (χ3n) is 5.62. The van der Waals surface area contributed by atoms with E-state index < -0.39 is 0 Å². The fourth-order valence-corrected chi connectivity index (χ4v) is 4.03. The van der Waals surface area contributed by atoms with Crippen LogP contribution in [0.5, 0.6) is 0 Å². The number of aryl methyl sites for hydroxylation is 2. The monoisotopic (exact) mass is 347 g/mol. The van der Waals surface area contributed by atoms with Gasteiger partial charge in [0.1, 0.15) is 0 Å². The van der Waals surface area contributed by atoms with E-state index in [2.05, 4.69) is 77.6 Å². The lowest BCUT2D eigenvalue weighted by molar-refractivity contribution is 0.213. The van der Waals surface area contributed by atoms with Crippen molar-refractivity contribution in [3.8, 4) is 11.5 Å². The molecular weight excluding hydrogens is 322 g/mol. The molecule has 0 radical (unpaired) electrons. The van der Waals surface area contributed by atoms with Gasteiger partial charge in [0.2, 0.25) is 11.8 Å². The zero-order valence-corrected chi connectivity index (χ0v) is 15.7. The molecule has 0 saturated carbocycles. The maximum absolute atomic E-state index is 5.57. The van der Waals surface area contributed by atoms with Gasteiger partial charge in [0.25, 0.3) is 0 Å². The van der Waals surface area contributed by atoms with Crippen molar-refractivity contribution < 1.29 is 4.42 Å². The number of nitrogens with zero attached hydrogens (tertiary/aromatic N) is 3. The van der Waals surface area contributed by atoms with Crippen LogP contribution in [0.15, 0.2) is 52.9 Å². The second-order valence-electron chi connectivity index (χ2n) is 7.46. The van der Waals surface area contributed by atoms with E-state index in [1.54, 1.807) is 0 Å². The number of likely N-dealkylation sites (tertiary alicyclic amines) is 1. The van der Waals surface area contributed by atoms with Crippen LogP contribution < -0.4 is 0 Å². The molecule has 26 heavy (non-hydrogen) atoms. The molecule has 4 nitrogen and oxygen atoms in total. The molecule has 0 amide bonds. The molecule has 0 spiro atoms. The Balaban J connectivity index is 1.74. The van der Waals surface area contributed by atoms with Gasteiger partial charge in [-0.2, -0.15) is 0 Å². The minimum atomic E-state index is 0.0712. The standard InChI is InChI=1S/C22H25N3O/c1-16-5-4-6-20(15-16)22(11-13-25(3)14-12-22)19-9-7-18(8-10-19)21-24-23-17(2)26-21/h4-10,15H,11-14H2,1-3H3. The summed E-state index contributed by atoms with van der Waals surface area (Å²) in [5.41, 5.74) is 5.16. The third kappa shape index (κ3) is 3.06. The van der Waals surface area contributed by atoms with Gasteiger partial charge >= 0.3 is 0 Å². The van der Waals surface area contributed by atoms with Crippen molar-refractivity contribution in [3.63, 3.8) is 0 Å². The predicted octanol–water partition coefficient (Wildman–Crippen LogP) is 4.37. The van der Waals surface area contributed by atoms with Crippen molar-refractivity contribution in [2.24, 2.45) is 0 Å². The van der Waals surface area contributed by atoms with Gasteiger partial charge in [-0.05, 0) is 63.2 Å². The van der Waals surface area contributed by atoms with E-state index in [4.69, 9.17) is 4.42 Å². The molecule has 2 heterocycles. The molecule has 2 aromatic carbocycles. The SMILES string of the molecule is Cc1cccc(C2(c3ccc(-c4nnc(C)o4)cc3)CCN(C)CC2)c1. The van der Waals surface area contributed by atoms with Crippen molar-refractivity contribution in [2.45, 2.75) is 32.1 Å². The number of hydrogen-bond acceptors (Lipinski definition) is 4. The minimum absolute atomic E-state index is 0.0712. The molecule has 0 N–H and O–H groups in total. The van der Waals surface area contributed by atoms with Crippen LogP contribution in [0.2, 0.25) is 0 Å². The van der Waals surface area contributed by atoms with Crippen LogP contribution in [0.1, 0.15) is 35.4 Å². The number of rotatable bonds is 3. The Hall–Kier alpha value is -2.46. The summed E-state index contributed by atoms with van der Waals surface area (Å²) in [5.74, 6) is 1.18. The van der Waals surface area contributed by atoms with Crippen LogP contribution in [-0.2, 0) is 5.41 Å². The average Bonchev–Trinajstić information content (AvgIpc) is 3.09. The summed E-state index contributed by atoms with van der Waals surface area (Å²) in [6, 6.07) is 17.7. The zero-order valence-electron chi connectivity index (χ0n) is 15.7. The summed E-state index contributed by atoms with van der Waals surface area (Å²) in [7, 11) is 2.21. The van der Waals surface area contributed by atoms with Crippen LogP contribution in [0.25, 0.3) is 11.5 Å². The molecule has 4 heteroatoms. The maximum Gasteiger partial charge on any atom is 0.247 e. The van der Waals surface area contributed by atoms with E-state index in [0.717, 1.165) is 31.5 Å². The lowest BCUT2D eigenvalue weighted by atomic mass is 9.68. The van der Waals surface area contributed by atoms with E-state index in [9.17, 15) is 0 Å². The summed E-state index contributed by atoms with van der Waals surface area (Å²) < 4.78 is 5.57. The van der Waals surface area contributed by atoms with Crippen molar-refractivity contribution in [3.05, 3.63) is 71.1 Å². The Morgan fingerprint density at radius 2 is 1.65 bits per heavy atom. The van der Waals surface area contributed by atoms with Crippen molar-refractivity contribution in [1.29, 1.82) is 0 Å². The van der Waals surface area contributed by atoms with E-state index >= 15 is 0 Å². The first-order valence-electron chi connectivity index (χ1n) is 9.23. The van der Waals surface area contributed by atoms with Crippen molar-refractivity contribution in [1.82, 2.24) is 15.1 Å². The van der Waals surface area contributed by atoms with E-state index in [-0.39, 0.29) is 5.41 Å². The molecule has 0 aliphatic carbocycles. The van der Waals surface area contributed by atoms with Gasteiger partial charge in [0.05, 0.1) is 0 Å². The summed E-state index contributed by atoms with van der Waals surface area (Å²) in [6.07, 6.45) is 2.26. The first-order chi connectivity index (χ1) is 12.6. The van der Waals surface area contributed by atoms with Crippen LogP contribution >= 0.6 is 0 Å². The molecule has 1 aliphatic heterocycles. The topological polar surface area (TPSA) is 42.2 Å². The molecule has 3 aromatic rings. The second kappa shape index (κ2) is 6.69. The maximum atomic E-state index is 5.57. The van der Waals surface area contributed by atoms with Crippen molar-refractivity contribution in [2.75, 3.05) is 20.1 Å². The fourth-order valence-electron chi connectivity index (χ4n) is 4.03. The van der Waals surface area contributed by atoms with Gasteiger partial charge in [-0.1, -0.05) is 42.0 Å². The fraction of sp³-hybridized carbons (Fsp3) is 0.364. The van der Waals surface area contributed by atoms with Crippen molar-refractivity contribution >= 4 is 0 Å². The largest absolute Gasteiger partial charge is 0.421 e. The van der Waals surface area contributed by atoms with E-state index in [1.165, 1.54) is 16.7 Å². The highest BCUT2D eigenvalue weighted by Gasteiger charge is 2.37. The smallest absolute Gasteiger partial charge is 0.247 e. The molecule has 0 bridgehead atoms. The summed E-state index contributed by atoms with van der Waals surface area (Å²) >= 11 is 0. The molecule has 4 rings (SSSR count). The Kier molecular flexibility index (Phi) is 4.37. The summed E-state index contributed by atoms with van der Waals surface area (Å²) in [4.78, 5) is 2.42. The van der Waals surface area contributed by atoms with E-state index in [0.29, 0.717) is 11.8 Å². The van der Waals surface area contributed by atoms with Gasteiger partial charge in [-0.15, -0.1) is 10.2 Å². The molecular formula is C22H25N3O. The molecule has 1 aromatic heterocycles. The van der Waals surface area contributed by atoms with Crippen LogP contribution in [0.3, 0.4) is 0 Å². The highest BCUT2D eigenvalue weighted by atomic mass is 16.4. The minimum Gasteiger partial charge on any atom is -0.421 e. The quantitative estimate of drug-likeness (QED) is 0.706. The second-order valence-corrected chi connectivity index (χ2v) is 7.46. The normalized spacial score (nSPS) is 17.3. The first-order valence-corrected chi connectivity index (χ1v) is 9.23. The molecule has 1 aliphatic rings. The summed E-state index contributed by atoms with van der Waals surface area (Å²) in [5, 5.41) is 8.06. The predicted molar refractivity (Wildman–Crippen MR) is 103 cm³/mol. The Labute approximate surface area is 154 Å². The Bertz CT molecular complexity index is 890. The Morgan fingerprint density at radius 1 is 0.923 bits per heavy atom. The number of benzene rings is 2. The lowest BCUT2D eigenvalue weighted by Gasteiger charge is -2.42. The zero-order chi connectivity index (χ0) is 18.1. The highest BCUT2D eigenvalue weighted by Crippen LogP contribution is 2.42. The Morgan fingerprint density at radius 3 is 2.27 bits per heavy atom. The van der Waals surface area contributed by atoms with Gasteiger partial charge in [0, 0.05) is 17.9 Å². The van der Waals surface area contributed by atoms with Crippen LogP contribution in [-0.4, -0.2) is 35.2 Å². The third-order valence-corrected chi connectivity index (χ3v) is 5.62.